The largest absolute Gasteiger partial charge is 0.465 e. The monoisotopic (exact) mass is 286 g/mol. The lowest BCUT2D eigenvalue weighted by Crippen LogP contribution is -2.58. The fourth-order valence-electron chi connectivity index (χ4n) is 3.17. The highest BCUT2D eigenvalue weighted by Crippen LogP contribution is 2.28. The van der Waals surface area contributed by atoms with E-state index >= 15 is 0 Å². The smallest absolute Gasteiger partial charge is 0.407 e. The zero-order valence-corrected chi connectivity index (χ0v) is 12.1. The summed E-state index contributed by atoms with van der Waals surface area (Å²) in [5.41, 5.74) is 1.95. The van der Waals surface area contributed by atoms with Gasteiger partial charge in [-0.25, -0.2) is 4.79 Å². The molecule has 1 saturated heterocycles. The lowest BCUT2D eigenvalue weighted by atomic mass is 10.1. The van der Waals surface area contributed by atoms with Gasteiger partial charge in [-0.2, -0.15) is 10.2 Å². The number of rotatable bonds is 1. The summed E-state index contributed by atoms with van der Waals surface area (Å²) >= 11 is 0. The highest BCUT2D eigenvalue weighted by Gasteiger charge is 2.33. The third-order valence-corrected chi connectivity index (χ3v) is 4.01. The molecule has 0 radical (unpaired) electrons. The van der Waals surface area contributed by atoms with Crippen molar-refractivity contribution < 1.29 is 9.90 Å². The second kappa shape index (κ2) is 5.20. The van der Waals surface area contributed by atoms with Crippen LogP contribution >= 0.6 is 0 Å². The van der Waals surface area contributed by atoms with Gasteiger partial charge < -0.3 is 10.0 Å². The summed E-state index contributed by atoms with van der Waals surface area (Å²) in [7, 11) is 0. The Hall–Kier alpha value is -2.37. The number of nitrogens with zero attached hydrogens (tertiary/aromatic N) is 4. The van der Waals surface area contributed by atoms with Gasteiger partial charge in [0.2, 0.25) is 0 Å². The fourth-order valence-corrected chi connectivity index (χ4v) is 3.17. The number of carboxylic acid groups (broad SMARTS) is 1. The van der Waals surface area contributed by atoms with Gasteiger partial charge in [-0.3, -0.25) is 4.90 Å². The Bertz CT molecular complexity index is 658. The third-order valence-electron chi connectivity index (χ3n) is 4.01. The predicted octanol–water partition coefficient (Wildman–Crippen LogP) is 2.21. The fraction of sp³-hybridized carbons (Fsp3) is 0.400. The van der Waals surface area contributed by atoms with Gasteiger partial charge in [0, 0.05) is 24.2 Å². The molecule has 1 fully saturated rings. The van der Waals surface area contributed by atoms with Crippen LogP contribution in [0.5, 0.6) is 0 Å². The summed E-state index contributed by atoms with van der Waals surface area (Å²) in [5, 5.41) is 18.4. The number of benzene rings is 1. The van der Waals surface area contributed by atoms with E-state index in [1.165, 1.54) is 4.90 Å². The molecule has 6 heteroatoms. The standard InChI is InChI=1S/C15H18N4O2/c1-10-8-18(9-11(2)19(10)15(20)21)14-5-3-4-13-12(14)6-7-16-17-13/h3-7,10-11H,8-9H2,1-2H3,(H,20,21). The van der Waals surface area contributed by atoms with Gasteiger partial charge in [-0.15, -0.1) is 0 Å². The number of anilines is 1. The molecule has 2 unspecified atom stereocenters. The summed E-state index contributed by atoms with van der Waals surface area (Å²) in [6.45, 7) is 5.25. The average Bonchev–Trinajstić information content (AvgIpc) is 2.45. The minimum Gasteiger partial charge on any atom is -0.465 e. The molecule has 1 amide bonds. The molecule has 6 nitrogen and oxygen atoms in total. The summed E-state index contributed by atoms with van der Waals surface area (Å²) < 4.78 is 0. The van der Waals surface area contributed by atoms with Gasteiger partial charge in [-0.05, 0) is 32.0 Å². The molecule has 1 aliphatic rings. The molecule has 0 saturated carbocycles. The Morgan fingerprint density at radius 2 is 1.95 bits per heavy atom. The van der Waals surface area contributed by atoms with Crippen molar-refractivity contribution >= 4 is 22.7 Å². The molecule has 0 aliphatic carbocycles. The highest BCUT2D eigenvalue weighted by atomic mass is 16.4. The van der Waals surface area contributed by atoms with Crippen LogP contribution in [0.1, 0.15) is 13.8 Å². The molecule has 3 rings (SSSR count). The Morgan fingerprint density at radius 3 is 2.62 bits per heavy atom. The van der Waals surface area contributed by atoms with Crippen molar-refractivity contribution in [1.82, 2.24) is 15.1 Å². The molecule has 2 heterocycles. The summed E-state index contributed by atoms with van der Waals surface area (Å²) in [6, 6.07) is 7.82. The molecule has 1 aromatic heterocycles. The van der Waals surface area contributed by atoms with E-state index < -0.39 is 6.09 Å². The van der Waals surface area contributed by atoms with Crippen molar-refractivity contribution in [2.45, 2.75) is 25.9 Å². The molecule has 0 spiro atoms. The SMILES string of the molecule is CC1CN(c2cccc3nnccc23)CC(C)N1C(=O)O. The number of aromatic nitrogens is 2. The molecule has 21 heavy (non-hydrogen) atoms. The van der Waals surface area contributed by atoms with Crippen molar-refractivity contribution in [2.24, 2.45) is 0 Å². The average molecular weight is 286 g/mol. The van der Waals surface area contributed by atoms with Crippen LogP contribution in [0.3, 0.4) is 0 Å². The molecule has 1 aliphatic heterocycles. The third kappa shape index (κ3) is 2.37. The van der Waals surface area contributed by atoms with Crippen molar-refractivity contribution in [3.8, 4) is 0 Å². The van der Waals surface area contributed by atoms with Crippen molar-refractivity contribution in [2.75, 3.05) is 18.0 Å². The van der Waals surface area contributed by atoms with Crippen LogP contribution in [0.15, 0.2) is 30.5 Å². The zero-order chi connectivity index (χ0) is 15.0. The van der Waals surface area contributed by atoms with E-state index in [2.05, 4.69) is 21.2 Å². The lowest BCUT2D eigenvalue weighted by Gasteiger charge is -2.44. The molecule has 0 bridgehead atoms. The molecule has 110 valence electrons. The maximum atomic E-state index is 11.3. The van der Waals surface area contributed by atoms with E-state index in [1.54, 1.807) is 6.20 Å². The van der Waals surface area contributed by atoms with Crippen molar-refractivity contribution in [3.05, 3.63) is 30.5 Å². The van der Waals surface area contributed by atoms with E-state index in [-0.39, 0.29) is 12.1 Å². The number of hydrogen-bond acceptors (Lipinski definition) is 4. The van der Waals surface area contributed by atoms with Gasteiger partial charge in [0.1, 0.15) is 0 Å². The predicted molar refractivity (Wildman–Crippen MR) is 80.5 cm³/mol. The van der Waals surface area contributed by atoms with E-state index in [4.69, 9.17) is 0 Å². The second-order valence-corrected chi connectivity index (χ2v) is 5.53. The van der Waals surface area contributed by atoms with E-state index in [9.17, 15) is 9.90 Å². The topological polar surface area (TPSA) is 69.6 Å². The maximum absolute atomic E-state index is 11.3. The lowest BCUT2D eigenvalue weighted by molar-refractivity contribution is 0.0983. The Balaban J connectivity index is 1.96. The molecule has 2 aromatic rings. The van der Waals surface area contributed by atoms with Crippen LogP contribution in [-0.2, 0) is 0 Å². The zero-order valence-electron chi connectivity index (χ0n) is 12.1. The first kappa shape index (κ1) is 13.6. The molecule has 2 atom stereocenters. The first-order chi connectivity index (χ1) is 10.1. The normalized spacial score (nSPS) is 22.6. The molecule has 1 aromatic carbocycles. The summed E-state index contributed by atoms with van der Waals surface area (Å²) in [4.78, 5) is 15.1. The van der Waals surface area contributed by atoms with Crippen LogP contribution in [0.25, 0.3) is 10.9 Å². The first-order valence-electron chi connectivity index (χ1n) is 7.04. The second-order valence-electron chi connectivity index (χ2n) is 5.53. The Morgan fingerprint density at radius 1 is 1.24 bits per heavy atom. The van der Waals surface area contributed by atoms with E-state index in [0.717, 1.165) is 16.6 Å². The number of fused-ring (bicyclic) bond motifs is 1. The summed E-state index contributed by atoms with van der Waals surface area (Å²) in [6.07, 6.45) is 0.838. The Kier molecular flexibility index (Phi) is 3.37. The van der Waals surface area contributed by atoms with Crippen molar-refractivity contribution in [3.63, 3.8) is 0 Å². The Labute approximate surface area is 123 Å². The highest BCUT2D eigenvalue weighted by molar-refractivity contribution is 5.91. The first-order valence-corrected chi connectivity index (χ1v) is 7.04. The van der Waals surface area contributed by atoms with Gasteiger partial charge in [-0.1, -0.05) is 6.07 Å². The minimum atomic E-state index is -0.849. The van der Waals surface area contributed by atoms with Gasteiger partial charge in [0.05, 0.1) is 23.8 Å². The van der Waals surface area contributed by atoms with Gasteiger partial charge in [0.25, 0.3) is 0 Å². The molecule has 1 N–H and O–H groups in total. The van der Waals surface area contributed by atoms with Crippen LogP contribution in [0, 0.1) is 0 Å². The molecular weight excluding hydrogens is 268 g/mol. The molecular formula is C15H18N4O2. The van der Waals surface area contributed by atoms with E-state index in [0.29, 0.717) is 13.1 Å². The van der Waals surface area contributed by atoms with Gasteiger partial charge in [0.15, 0.2) is 0 Å². The van der Waals surface area contributed by atoms with Gasteiger partial charge >= 0.3 is 6.09 Å². The van der Waals surface area contributed by atoms with E-state index in [1.807, 2.05) is 32.0 Å². The number of carbonyl (C=O) groups is 1. The number of piperazine rings is 1. The minimum absolute atomic E-state index is 0.0451. The maximum Gasteiger partial charge on any atom is 0.407 e. The quantitative estimate of drug-likeness (QED) is 0.870. The van der Waals surface area contributed by atoms with Crippen LogP contribution in [-0.4, -0.2) is 51.5 Å². The van der Waals surface area contributed by atoms with Crippen LogP contribution in [0.4, 0.5) is 10.5 Å². The van der Waals surface area contributed by atoms with Crippen molar-refractivity contribution in [1.29, 1.82) is 0 Å². The van der Waals surface area contributed by atoms with Crippen LogP contribution < -0.4 is 4.90 Å². The van der Waals surface area contributed by atoms with Crippen LogP contribution in [0.2, 0.25) is 0 Å². The number of amides is 1. The number of hydrogen-bond donors (Lipinski definition) is 1. The summed E-state index contributed by atoms with van der Waals surface area (Å²) in [5.74, 6) is 0.